The van der Waals surface area contributed by atoms with E-state index in [2.05, 4.69) is 55.4 Å². The van der Waals surface area contributed by atoms with Gasteiger partial charge in [-0.05, 0) is 0 Å². The molecule has 9 heavy (non-hydrogen) atoms. The molecule has 0 saturated carbocycles. The molecule has 0 aromatic heterocycles. The molecule has 0 aromatic rings. The van der Waals surface area contributed by atoms with Crippen LogP contribution in [0.15, 0.2) is 0 Å². The Balaban J connectivity index is 2.32. The van der Waals surface area contributed by atoms with Crippen LogP contribution in [0, 0.1) is 0 Å². The maximum absolute atomic E-state index is 3.50. The first kappa shape index (κ1) is 8.75. The molecule has 1 aliphatic rings. The van der Waals surface area contributed by atoms with Gasteiger partial charge < -0.3 is 0 Å². The minimum Gasteiger partial charge on any atom is -0.146 e. The smallest absolute Gasteiger partial charge is 0.0399 e. The second-order valence-electron chi connectivity index (χ2n) is 1.84. The molecule has 0 aromatic carbocycles. The zero-order chi connectivity index (χ0) is 6.69. The first-order chi connectivity index (χ1) is 4.38. The summed E-state index contributed by atoms with van der Waals surface area (Å²) >= 11 is 11.1. The molecule has 0 spiro atoms. The summed E-state index contributed by atoms with van der Waals surface area (Å²) in [6, 6.07) is 0. The molecule has 2 atom stereocenters. The highest BCUT2D eigenvalue weighted by atomic mass is 79.9. The van der Waals surface area contributed by atoms with Crippen LogP contribution in [-0.2, 0) is 0 Å². The summed E-state index contributed by atoms with van der Waals surface area (Å²) in [6.07, 6.45) is 0. The molecule has 1 aliphatic heterocycles. The summed E-state index contributed by atoms with van der Waals surface area (Å²) in [4.78, 5) is 0. The molecule has 0 N–H and O–H groups in total. The van der Waals surface area contributed by atoms with Crippen molar-refractivity contribution in [3.63, 3.8) is 0 Å². The Morgan fingerprint density at radius 3 is 1.89 bits per heavy atom. The third-order valence-electron chi connectivity index (χ3n) is 1.28. The number of alkyl halides is 2. The van der Waals surface area contributed by atoms with Crippen molar-refractivity contribution in [2.24, 2.45) is 0 Å². The van der Waals surface area contributed by atoms with Crippen molar-refractivity contribution in [3.05, 3.63) is 0 Å². The molecule has 54 valence electrons. The quantitative estimate of drug-likeness (QED) is 0.718. The van der Waals surface area contributed by atoms with E-state index in [4.69, 9.17) is 0 Å². The van der Waals surface area contributed by atoms with Crippen molar-refractivity contribution in [1.82, 2.24) is 0 Å². The van der Waals surface area contributed by atoms with Crippen molar-refractivity contribution < 1.29 is 0 Å². The van der Waals surface area contributed by atoms with Gasteiger partial charge in [0.25, 0.3) is 0 Å². The highest BCUT2D eigenvalue weighted by Gasteiger charge is 2.26. The Bertz CT molecular complexity index is 79.0. The number of halogens is 2. The van der Waals surface area contributed by atoms with Crippen molar-refractivity contribution in [1.29, 1.82) is 0 Å². The van der Waals surface area contributed by atoms with Gasteiger partial charge in [0.05, 0.1) is 0 Å². The molecule has 1 heterocycles. The van der Waals surface area contributed by atoms with Gasteiger partial charge in [0, 0.05) is 26.2 Å². The molecular formula is C5H8Br2S2. The van der Waals surface area contributed by atoms with E-state index in [-0.39, 0.29) is 0 Å². The monoisotopic (exact) mass is 290 g/mol. The van der Waals surface area contributed by atoms with Crippen LogP contribution in [0.3, 0.4) is 0 Å². The molecule has 1 saturated heterocycles. The van der Waals surface area contributed by atoms with Gasteiger partial charge in [-0.3, -0.25) is 0 Å². The normalized spacial score (nSPS) is 35.3. The molecule has 1 rings (SSSR count). The van der Waals surface area contributed by atoms with E-state index >= 15 is 0 Å². The lowest BCUT2D eigenvalue weighted by molar-refractivity contribution is 0.976. The van der Waals surface area contributed by atoms with Gasteiger partial charge in [0.2, 0.25) is 0 Å². The lowest BCUT2D eigenvalue weighted by Crippen LogP contribution is -2.17. The lowest BCUT2D eigenvalue weighted by atomic mass is 10.4. The Morgan fingerprint density at radius 2 is 1.56 bits per heavy atom. The molecular weight excluding hydrogens is 284 g/mol. The van der Waals surface area contributed by atoms with E-state index in [1.807, 2.05) is 0 Å². The SMILES string of the molecule is BrCC1SCSC1CBr. The molecule has 4 heteroatoms. The van der Waals surface area contributed by atoms with E-state index in [0.717, 1.165) is 21.2 Å². The van der Waals surface area contributed by atoms with Crippen LogP contribution < -0.4 is 0 Å². The van der Waals surface area contributed by atoms with Crippen LogP contribution in [0.25, 0.3) is 0 Å². The van der Waals surface area contributed by atoms with Crippen LogP contribution in [0.2, 0.25) is 0 Å². The molecule has 1 fully saturated rings. The maximum Gasteiger partial charge on any atom is 0.0399 e. The summed E-state index contributed by atoms with van der Waals surface area (Å²) in [5, 5.41) is 5.21. The van der Waals surface area contributed by atoms with Crippen molar-refractivity contribution in [3.8, 4) is 0 Å². The Hall–Kier alpha value is 1.66. The minimum atomic E-state index is 0.828. The largest absolute Gasteiger partial charge is 0.146 e. The van der Waals surface area contributed by atoms with E-state index in [1.165, 1.54) is 5.08 Å². The zero-order valence-electron chi connectivity index (χ0n) is 4.85. The second-order valence-corrected chi connectivity index (χ2v) is 5.95. The van der Waals surface area contributed by atoms with Crippen LogP contribution in [0.5, 0.6) is 0 Å². The molecule has 0 radical (unpaired) electrons. The third-order valence-corrected chi connectivity index (χ3v) is 6.64. The highest BCUT2D eigenvalue weighted by molar-refractivity contribution is 9.09. The standard InChI is InChI=1S/C5H8Br2S2/c6-1-4-5(2-7)9-3-8-4/h4-5H,1-3H2. The third kappa shape index (κ3) is 2.31. The molecule has 0 amide bonds. The summed E-state index contributed by atoms with van der Waals surface area (Å²) in [5.41, 5.74) is 0. The van der Waals surface area contributed by atoms with Gasteiger partial charge in [0.15, 0.2) is 0 Å². The lowest BCUT2D eigenvalue weighted by Gasteiger charge is -2.10. The topological polar surface area (TPSA) is 0 Å². The van der Waals surface area contributed by atoms with Crippen molar-refractivity contribution in [2.75, 3.05) is 15.7 Å². The Labute approximate surface area is 81.2 Å². The van der Waals surface area contributed by atoms with E-state index in [0.29, 0.717) is 0 Å². The van der Waals surface area contributed by atoms with Crippen LogP contribution in [0.1, 0.15) is 0 Å². The summed E-state index contributed by atoms with van der Waals surface area (Å²) in [5.74, 6) is 0. The molecule has 0 aliphatic carbocycles. The summed E-state index contributed by atoms with van der Waals surface area (Å²) < 4.78 is 0. The van der Waals surface area contributed by atoms with Crippen molar-refractivity contribution >= 4 is 55.4 Å². The maximum atomic E-state index is 3.50. The van der Waals surface area contributed by atoms with Crippen LogP contribution in [0.4, 0.5) is 0 Å². The summed E-state index contributed by atoms with van der Waals surface area (Å²) in [7, 11) is 0. The summed E-state index contributed by atoms with van der Waals surface area (Å²) in [6.45, 7) is 0. The average molecular weight is 292 g/mol. The van der Waals surface area contributed by atoms with Gasteiger partial charge in [0.1, 0.15) is 0 Å². The molecule has 0 nitrogen and oxygen atoms in total. The zero-order valence-corrected chi connectivity index (χ0v) is 9.65. The van der Waals surface area contributed by atoms with E-state index in [1.54, 1.807) is 0 Å². The number of hydrogen-bond acceptors (Lipinski definition) is 2. The highest BCUT2D eigenvalue weighted by Crippen LogP contribution is 2.38. The number of hydrogen-bond donors (Lipinski definition) is 0. The molecule has 0 bridgehead atoms. The number of thioether (sulfide) groups is 2. The fraction of sp³-hybridized carbons (Fsp3) is 1.00. The van der Waals surface area contributed by atoms with Crippen molar-refractivity contribution in [2.45, 2.75) is 10.5 Å². The van der Waals surface area contributed by atoms with Gasteiger partial charge in [-0.1, -0.05) is 31.9 Å². The first-order valence-corrected chi connectivity index (χ1v) is 7.07. The Morgan fingerprint density at radius 1 is 1.11 bits per heavy atom. The van der Waals surface area contributed by atoms with E-state index in [9.17, 15) is 0 Å². The fourth-order valence-corrected chi connectivity index (χ4v) is 6.22. The second kappa shape index (κ2) is 4.52. The van der Waals surface area contributed by atoms with Crippen LogP contribution >= 0.6 is 55.4 Å². The molecule has 2 unspecified atom stereocenters. The first-order valence-electron chi connectivity index (χ1n) is 2.73. The van der Waals surface area contributed by atoms with Gasteiger partial charge in [-0.15, -0.1) is 23.5 Å². The van der Waals surface area contributed by atoms with Gasteiger partial charge >= 0.3 is 0 Å². The van der Waals surface area contributed by atoms with Crippen LogP contribution in [-0.4, -0.2) is 26.2 Å². The van der Waals surface area contributed by atoms with E-state index < -0.39 is 0 Å². The Kier molecular flexibility index (Phi) is 4.40. The van der Waals surface area contributed by atoms with Gasteiger partial charge in [-0.2, -0.15) is 0 Å². The predicted molar refractivity (Wildman–Crippen MR) is 55.2 cm³/mol. The number of rotatable bonds is 2. The predicted octanol–water partition coefficient (Wildman–Crippen LogP) is 2.95. The van der Waals surface area contributed by atoms with Gasteiger partial charge in [-0.25, -0.2) is 0 Å². The average Bonchev–Trinajstić information content (AvgIpc) is 2.33. The fourth-order valence-electron chi connectivity index (χ4n) is 0.717. The minimum absolute atomic E-state index is 0.828.